The van der Waals surface area contributed by atoms with E-state index < -0.39 is 17.8 Å². The van der Waals surface area contributed by atoms with Crippen LogP contribution < -0.4 is 0 Å². The van der Waals surface area contributed by atoms with Gasteiger partial charge >= 0.3 is 6.18 Å². The highest BCUT2D eigenvalue weighted by Crippen LogP contribution is 2.40. The van der Waals surface area contributed by atoms with E-state index >= 15 is 0 Å². The monoisotopic (exact) mass is 343 g/mol. The Hall–Kier alpha value is -1.04. The van der Waals surface area contributed by atoms with Crippen molar-refractivity contribution < 1.29 is 17.6 Å². The van der Waals surface area contributed by atoms with E-state index in [1.165, 1.54) is 12.1 Å². The van der Waals surface area contributed by atoms with Crippen molar-refractivity contribution in [2.24, 2.45) is 0 Å². The maximum Gasteiger partial charge on any atom is 0.434 e. The fraction of sp³-hybridized carbons (Fsp3) is 0.0833. The molecule has 2 aromatic rings. The topological polar surface area (TPSA) is 12.9 Å². The predicted octanol–water partition coefficient (Wildman–Crippen LogP) is 5.87. The van der Waals surface area contributed by atoms with Crippen LogP contribution in [0, 0.1) is 5.95 Å². The van der Waals surface area contributed by atoms with Crippen molar-refractivity contribution in [1.82, 2.24) is 4.98 Å². The quantitative estimate of drug-likeness (QED) is 0.358. The van der Waals surface area contributed by atoms with Crippen molar-refractivity contribution in [2.45, 2.75) is 6.18 Å². The normalized spacial score (nSPS) is 11.8. The Morgan fingerprint density at radius 1 is 0.850 bits per heavy atom. The van der Waals surface area contributed by atoms with Gasteiger partial charge in [0.05, 0.1) is 15.1 Å². The second-order valence-electron chi connectivity index (χ2n) is 3.77. The molecule has 106 valence electrons. The summed E-state index contributed by atoms with van der Waals surface area (Å²) < 4.78 is 51.6. The number of pyridine rings is 1. The predicted molar refractivity (Wildman–Crippen MR) is 69.7 cm³/mol. The Morgan fingerprint density at radius 2 is 1.45 bits per heavy atom. The lowest BCUT2D eigenvalue weighted by Gasteiger charge is -2.13. The van der Waals surface area contributed by atoms with Crippen molar-refractivity contribution in [1.29, 1.82) is 0 Å². The highest BCUT2D eigenvalue weighted by molar-refractivity contribution is 6.44. The summed E-state index contributed by atoms with van der Waals surface area (Å²) in [4.78, 5) is 2.89. The van der Waals surface area contributed by atoms with Crippen LogP contribution in [-0.2, 0) is 6.18 Å². The van der Waals surface area contributed by atoms with E-state index in [2.05, 4.69) is 4.98 Å². The average Bonchev–Trinajstić information content (AvgIpc) is 2.33. The minimum Gasteiger partial charge on any atom is -0.215 e. The van der Waals surface area contributed by atoms with Gasteiger partial charge in [-0.25, -0.2) is 4.98 Å². The van der Waals surface area contributed by atoms with E-state index in [1.54, 1.807) is 0 Å². The molecule has 0 saturated heterocycles. The number of halogens is 7. The Morgan fingerprint density at radius 3 is 2.05 bits per heavy atom. The molecule has 0 atom stereocenters. The van der Waals surface area contributed by atoms with Crippen molar-refractivity contribution in [3.05, 3.63) is 51.0 Å². The second kappa shape index (κ2) is 5.39. The van der Waals surface area contributed by atoms with Crippen LogP contribution in [0.5, 0.6) is 0 Å². The minimum atomic E-state index is -4.83. The van der Waals surface area contributed by atoms with Gasteiger partial charge in [0, 0.05) is 11.1 Å². The third-order valence-corrected chi connectivity index (χ3v) is 3.46. The number of aromatic nitrogens is 1. The number of rotatable bonds is 1. The van der Waals surface area contributed by atoms with E-state index in [4.69, 9.17) is 34.8 Å². The zero-order chi connectivity index (χ0) is 15.1. The number of hydrogen-bond donors (Lipinski definition) is 0. The van der Waals surface area contributed by atoms with E-state index in [0.29, 0.717) is 0 Å². The summed E-state index contributed by atoms with van der Waals surface area (Å²) >= 11 is 17.3. The van der Waals surface area contributed by atoms with Gasteiger partial charge in [0.15, 0.2) is 5.69 Å². The van der Waals surface area contributed by atoms with Crippen LogP contribution in [0.1, 0.15) is 5.69 Å². The van der Waals surface area contributed by atoms with Gasteiger partial charge in [-0.3, -0.25) is 0 Å². The van der Waals surface area contributed by atoms with Crippen LogP contribution in [0.3, 0.4) is 0 Å². The molecule has 1 heterocycles. The molecular weight excluding hydrogens is 340 g/mol. The third-order valence-electron chi connectivity index (χ3n) is 2.43. The molecule has 0 N–H and O–H groups in total. The zero-order valence-corrected chi connectivity index (χ0v) is 11.7. The number of alkyl halides is 3. The Kier molecular flexibility index (Phi) is 4.14. The summed E-state index contributed by atoms with van der Waals surface area (Å²) in [6.45, 7) is 0. The summed E-state index contributed by atoms with van der Waals surface area (Å²) in [5.41, 5.74) is -1.78. The fourth-order valence-corrected chi connectivity index (χ4v) is 2.25. The maximum absolute atomic E-state index is 12.9. The van der Waals surface area contributed by atoms with E-state index in [-0.39, 0.29) is 26.2 Å². The first kappa shape index (κ1) is 15.4. The largest absolute Gasteiger partial charge is 0.434 e. The standard InChI is InChI=1S/C12H4Cl3F4N/c13-7-4-9(15)8(14)3-6(7)5-1-2-10(16)20-11(5)12(17,18)19/h1-4H. The molecule has 20 heavy (non-hydrogen) atoms. The molecule has 0 unspecified atom stereocenters. The van der Waals surface area contributed by atoms with Gasteiger partial charge in [-0.1, -0.05) is 34.8 Å². The Balaban J connectivity index is 2.73. The van der Waals surface area contributed by atoms with Crippen LogP contribution in [0.4, 0.5) is 17.6 Å². The molecule has 0 radical (unpaired) electrons. The van der Waals surface area contributed by atoms with Gasteiger partial charge in [0.1, 0.15) is 0 Å². The summed E-state index contributed by atoms with van der Waals surface area (Å²) in [7, 11) is 0. The molecule has 0 saturated carbocycles. The number of hydrogen-bond acceptors (Lipinski definition) is 1. The molecule has 2 rings (SSSR count). The molecule has 1 nitrogen and oxygen atoms in total. The van der Waals surface area contributed by atoms with Crippen molar-refractivity contribution in [3.8, 4) is 11.1 Å². The molecule has 0 aliphatic heterocycles. The van der Waals surface area contributed by atoms with E-state index in [9.17, 15) is 17.6 Å². The first-order valence-corrected chi connectivity index (χ1v) is 6.22. The van der Waals surface area contributed by atoms with Crippen LogP contribution in [0.15, 0.2) is 24.3 Å². The first-order chi connectivity index (χ1) is 9.20. The Labute approximate surface area is 126 Å². The van der Waals surface area contributed by atoms with Crippen molar-refractivity contribution in [2.75, 3.05) is 0 Å². The lowest BCUT2D eigenvalue weighted by atomic mass is 10.0. The van der Waals surface area contributed by atoms with Crippen molar-refractivity contribution in [3.63, 3.8) is 0 Å². The summed E-state index contributed by atoms with van der Waals surface area (Å²) in [5.74, 6) is -1.24. The molecule has 0 aliphatic carbocycles. The zero-order valence-electron chi connectivity index (χ0n) is 9.40. The lowest BCUT2D eigenvalue weighted by molar-refractivity contribution is -0.141. The maximum atomic E-state index is 12.9. The van der Waals surface area contributed by atoms with Gasteiger partial charge in [-0.15, -0.1) is 0 Å². The molecular formula is C12H4Cl3F4N. The molecule has 1 aromatic carbocycles. The summed E-state index contributed by atoms with van der Waals surface area (Å²) in [6, 6.07) is 4.14. The number of benzene rings is 1. The average molecular weight is 345 g/mol. The number of nitrogens with zero attached hydrogens (tertiary/aromatic N) is 1. The highest BCUT2D eigenvalue weighted by Gasteiger charge is 2.36. The van der Waals surface area contributed by atoms with Gasteiger partial charge in [0.25, 0.3) is 0 Å². The highest BCUT2D eigenvalue weighted by atomic mass is 35.5. The van der Waals surface area contributed by atoms with Gasteiger partial charge in [0.2, 0.25) is 5.95 Å². The summed E-state index contributed by atoms with van der Waals surface area (Å²) in [5, 5.41) is 0.0888. The SMILES string of the molecule is Fc1ccc(-c2cc(Cl)c(Cl)cc2Cl)c(C(F)(F)F)n1. The van der Waals surface area contributed by atoms with E-state index in [0.717, 1.165) is 12.1 Å². The van der Waals surface area contributed by atoms with Crippen LogP contribution in [-0.4, -0.2) is 4.98 Å². The first-order valence-electron chi connectivity index (χ1n) is 5.09. The molecule has 0 amide bonds. The van der Waals surface area contributed by atoms with Crippen LogP contribution >= 0.6 is 34.8 Å². The summed E-state index contributed by atoms with van der Waals surface area (Å²) in [6.07, 6.45) is -4.83. The second-order valence-corrected chi connectivity index (χ2v) is 5.00. The molecule has 1 aromatic heterocycles. The molecule has 0 fully saturated rings. The molecule has 0 aliphatic rings. The molecule has 0 spiro atoms. The van der Waals surface area contributed by atoms with Gasteiger partial charge in [-0.05, 0) is 24.3 Å². The third kappa shape index (κ3) is 3.00. The molecule has 0 bridgehead atoms. The smallest absolute Gasteiger partial charge is 0.215 e. The van der Waals surface area contributed by atoms with E-state index in [1.807, 2.05) is 0 Å². The van der Waals surface area contributed by atoms with Crippen LogP contribution in [0.2, 0.25) is 15.1 Å². The van der Waals surface area contributed by atoms with Gasteiger partial charge < -0.3 is 0 Å². The lowest BCUT2D eigenvalue weighted by Crippen LogP contribution is -2.11. The van der Waals surface area contributed by atoms with Crippen LogP contribution in [0.25, 0.3) is 11.1 Å². The molecule has 8 heteroatoms. The van der Waals surface area contributed by atoms with Gasteiger partial charge in [-0.2, -0.15) is 17.6 Å². The fourth-order valence-electron chi connectivity index (χ4n) is 1.60. The van der Waals surface area contributed by atoms with Crippen molar-refractivity contribution >= 4 is 34.8 Å². The minimum absolute atomic E-state index is 0.0270. The Bertz CT molecular complexity index is 670.